The Morgan fingerprint density at radius 2 is 1.67 bits per heavy atom. The van der Waals surface area contributed by atoms with E-state index in [1.807, 2.05) is 35.2 Å². The van der Waals surface area contributed by atoms with Gasteiger partial charge >= 0.3 is 6.03 Å². The first-order valence-corrected chi connectivity index (χ1v) is 12.6. The number of benzene rings is 1. The van der Waals surface area contributed by atoms with Crippen molar-refractivity contribution >= 4 is 17.6 Å². The van der Waals surface area contributed by atoms with Crippen LogP contribution in [0.3, 0.4) is 0 Å². The van der Waals surface area contributed by atoms with E-state index in [9.17, 15) is 9.59 Å². The third-order valence-corrected chi connectivity index (χ3v) is 7.19. The summed E-state index contributed by atoms with van der Waals surface area (Å²) in [5.41, 5.74) is 0.810. The monoisotopic (exact) mass is 457 g/mol. The summed E-state index contributed by atoms with van der Waals surface area (Å²) in [6.07, 6.45) is 5.65. The van der Waals surface area contributed by atoms with Crippen molar-refractivity contribution in [2.45, 2.75) is 38.1 Å². The Morgan fingerprint density at radius 1 is 0.970 bits per heavy atom. The summed E-state index contributed by atoms with van der Waals surface area (Å²) in [4.78, 5) is 32.5. The van der Waals surface area contributed by atoms with Gasteiger partial charge in [0.05, 0.1) is 19.3 Å². The lowest BCUT2D eigenvalue weighted by Gasteiger charge is -2.40. The van der Waals surface area contributed by atoms with Gasteiger partial charge in [-0.3, -0.25) is 14.6 Å². The van der Waals surface area contributed by atoms with E-state index in [1.165, 1.54) is 12.8 Å². The fourth-order valence-electron chi connectivity index (χ4n) is 5.32. The molecule has 3 aliphatic rings. The summed E-state index contributed by atoms with van der Waals surface area (Å²) in [7, 11) is 0. The molecule has 33 heavy (non-hydrogen) atoms. The lowest BCUT2D eigenvalue weighted by molar-refractivity contribution is -0.129. The van der Waals surface area contributed by atoms with Crippen LogP contribution < -0.4 is 10.6 Å². The third-order valence-electron chi connectivity index (χ3n) is 7.19. The van der Waals surface area contributed by atoms with Crippen LogP contribution in [0.15, 0.2) is 30.3 Å². The first-order valence-electron chi connectivity index (χ1n) is 12.6. The van der Waals surface area contributed by atoms with E-state index in [0.717, 1.165) is 77.4 Å². The molecule has 4 rings (SSSR count). The highest BCUT2D eigenvalue weighted by molar-refractivity contribution is 5.89. The van der Waals surface area contributed by atoms with Crippen molar-refractivity contribution in [3.8, 4) is 0 Å². The van der Waals surface area contributed by atoms with Crippen LogP contribution in [0.2, 0.25) is 0 Å². The Kier molecular flexibility index (Phi) is 8.97. The number of ether oxygens (including phenoxy) is 1. The Hall–Kier alpha value is -2.16. The lowest BCUT2D eigenvalue weighted by atomic mass is 9.95. The summed E-state index contributed by atoms with van der Waals surface area (Å²) in [5.74, 6) is 0.597. The number of carbonyl (C=O) groups is 2. The molecule has 3 amide bonds. The van der Waals surface area contributed by atoms with E-state index in [2.05, 4.69) is 20.4 Å². The quantitative estimate of drug-likeness (QED) is 0.586. The van der Waals surface area contributed by atoms with Crippen LogP contribution in [0.5, 0.6) is 0 Å². The van der Waals surface area contributed by atoms with E-state index in [4.69, 9.17) is 4.74 Å². The van der Waals surface area contributed by atoms with Crippen molar-refractivity contribution in [3.63, 3.8) is 0 Å². The largest absolute Gasteiger partial charge is 0.379 e. The summed E-state index contributed by atoms with van der Waals surface area (Å²) >= 11 is 0. The average molecular weight is 458 g/mol. The number of piperazine rings is 1. The fourth-order valence-corrected chi connectivity index (χ4v) is 5.32. The first kappa shape index (κ1) is 24.0. The van der Waals surface area contributed by atoms with Gasteiger partial charge in [0, 0.05) is 51.5 Å². The van der Waals surface area contributed by atoms with Crippen LogP contribution in [0.1, 0.15) is 32.1 Å². The standard InChI is InChI=1S/C25H39N5O3/c31-24(26-11-6-12-28-17-19-33-20-18-28)23(21-7-4-5-8-21)29-13-15-30(16-14-29)25(32)27-22-9-2-1-3-10-22/h1-3,9-10,21,23H,4-8,11-20H2,(H,26,31)(H,27,32)/t23-/m1/s1. The Bertz CT molecular complexity index is 742. The van der Waals surface area contributed by atoms with Gasteiger partial charge in [-0.15, -0.1) is 0 Å². The van der Waals surface area contributed by atoms with Crippen molar-refractivity contribution in [3.05, 3.63) is 30.3 Å². The number of rotatable bonds is 8. The number of morpholine rings is 1. The molecule has 2 aliphatic heterocycles. The van der Waals surface area contributed by atoms with Crippen LogP contribution in [-0.4, -0.2) is 98.3 Å². The van der Waals surface area contributed by atoms with Gasteiger partial charge in [-0.1, -0.05) is 31.0 Å². The molecule has 3 fully saturated rings. The topological polar surface area (TPSA) is 77.2 Å². The van der Waals surface area contributed by atoms with Crippen LogP contribution >= 0.6 is 0 Å². The summed E-state index contributed by atoms with van der Waals surface area (Å²) in [6, 6.07) is 9.42. The number of carbonyl (C=O) groups excluding carboxylic acids is 2. The lowest BCUT2D eigenvalue weighted by Crippen LogP contribution is -2.58. The maximum Gasteiger partial charge on any atom is 0.321 e. The molecule has 2 heterocycles. The molecule has 1 aromatic carbocycles. The fraction of sp³-hybridized carbons (Fsp3) is 0.680. The van der Waals surface area contributed by atoms with Gasteiger partial charge in [0.1, 0.15) is 0 Å². The van der Waals surface area contributed by atoms with Crippen molar-refractivity contribution < 1.29 is 14.3 Å². The zero-order chi connectivity index (χ0) is 22.9. The highest BCUT2D eigenvalue weighted by atomic mass is 16.5. The number of hydrogen-bond donors (Lipinski definition) is 2. The van der Waals surface area contributed by atoms with Crippen molar-refractivity contribution in [2.24, 2.45) is 5.92 Å². The molecule has 8 nitrogen and oxygen atoms in total. The minimum absolute atomic E-state index is 0.0640. The average Bonchev–Trinajstić information content (AvgIpc) is 3.38. The minimum Gasteiger partial charge on any atom is -0.379 e. The number of hydrogen-bond acceptors (Lipinski definition) is 5. The van der Waals surface area contributed by atoms with E-state index < -0.39 is 0 Å². The molecule has 1 atom stereocenters. The number of amides is 3. The maximum absolute atomic E-state index is 13.3. The molecular formula is C25H39N5O3. The molecule has 182 valence electrons. The molecule has 0 spiro atoms. The van der Waals surface area contributed by atoms with Gasteiger partial charge in [-0.25, -0.2) is 4.79 Å². The molecule has 1 aromatic rings. The normalized spacial score (nSPS) is 21.6. The Morgan fingerprint density at radius 3 is 2.36 bits per heavy atom. The second-order valence-corrected chi connectivity index (χ2v) is 9.41. The van der Waals surface area contributed by atoms with Crippen LogP contribution in [0, 0.1) is 5.92 Å². The molecule has 1 saturated carbocycles. The molecule has 0 radical (unpaired) electrons. The van der Waals surface area contributed by atoms with E-state index in [0.29, 0.717) is 19.0 Å². The highest BCUT2D eigenvalue weighted by Gasteiger charge is 2.37. The maximum atomic E-state index is 13.3. The molecule has 2 saturated heterocycles. The smallest absolute Gasteiger partial charge is 0.321 e. The third kappa shape index (κ3) is 6.91. The van der Waals surface area contributed by atoms with Crippen LogP contribution in [0.25, 0.3) is 0 Å². The van der Waals surface area contributed by atoms with Gasteiger partial charge in [-0.05, 0) is 43.9 Å². The van der Waals surface area contributed by atoms with Gasteiger partial charge < -0.3 is 20.3 Å². The highest BCUT2D eigenvalue weighted by Crippen LogP contribution is 2.31. The van der Waals surface area contributed by atoms with Gasteiger partial charge in [0.15, 0.2) is 0 Å². The SMILES string of the molecule is O=C(NCCCN1CCOCC1)[C@@H](C1CCCC1)N1CCN(C(=O)Nc2ccccc2)CC1. The zero-order valence-corrected chi connectivity index (χ0v) is 19.7. The molecule has 0 aromatic heterocycles. The first-order chi connectivity index (χ1) is 16.2. The molecule has 2 N–H and O–H groups in total. The summed E-state index contributed by atoms with van der Waals surface area (Å²) < 4.78 is 5.41. The minimum atomic E-state index is -0.0739. The van der Waals surface area contributed by atoms with Crippen LogP contribution in [0.4, 0.5) is 10.5 Å². The van der Waals surface area contributed by atoms with Gasteiger partial charge in [-0.2, -0.15) is 0 Å². The summed E-state index contributed by atoms with van der Waals surface area (Å²) in [6.45, 7) is 8.10. The van der Waals surface area contributed by atoms with E-state index in [1.54, 1.807) is 0 Å². The number of nitrogens with one attached hydrogen (secondary N) is 2. The van der Waals surface area contributed by atoms with Crippen molar-refractivity contribution in [1.82, 2.24) is 20.0 Å². The number of anilines is 1. The second kappa shape index (κ2) is 12.3. The van der Waals surface area contributed by atoms with Crippen molar-refractivity contribution in [2.75, 3.05) is 70.9 Å². The second-order valence-electron chi connectivity index (χ2n) is 9.41. The molecule has 0 unspecified atom stereocenters. The number of urea groups is 1. The number of para-hydroxylation sites is 1. The Balaban J connectivity index is 1.25. The van der Waals surface area contributed by atoms with Gasteiger partial charge in [0.2, 0.25) is 5.91 Å². The predicted molar refractivity (Wildman–Crippen MR) is 129 cm³/mol. The zero-order valence-electron chi connectivity index (χ0n) is 19.7. The number of nitrogens with zero attached hydrogens (tertiary/aromatic N) is 3. The molecule has 0 bridgehead atoms. The molecule has 8 heteroatoms. The predicted octanol–water partition coefficient (Wildman–Crippen LogP) is 2.23. The van der Waals surface area contributed by atoms with Gasteiger partial charge in [0.25, 0.3) is 0 Å². The van der Waals surface area contributed by atoms with E-state index >= 15 is 0 Å². The summed E-state index contributed by atoms with van der Waals surface area (Å²) in [5, 5.41) is 6.20. The van der Waals surface area contributed by atoms with Crippen LogP contribution in [-0.2, 0) is 9.53 Å². The van der Waals surface area contributed by atoms with Crippen molar-refractivity contribution in [1.29, 1.82) is 0 Å². The Labute approximate surface area is 197 Å². The van der Waals surface area contributed by atoms with E-state index in [-0.39, 0.29) is 18.0 Å². The molecular weight excluding hydrogens is 418 g/mol. The molecule has 1 aliphatic carbocycles.